The predicted molar refractivity (Wildman–Crippen MR) is 106 cm³/mol. The van der Waals surface area contributed by atoms with Crippen molar-refractivity contribution in [1.82, 2.24) is 9.80 Å². The largest absolute Gasteiger partial charge is 0.339 e. The molecule has 2 heterocycles. The molecule has 0 aromatic heterocycles. The first-order valence-corrected chi connectivity index (χ1v) is 10.8. The number of benzene rings is 1. The molecule has 2 aliphatic heterocycles. The molecule has 2 bridgehead atoms. The number of thioether (sulfide) groups is 1. The Kier molecular flexibility index (Phi) is 6.24. The van der Waals surface area contributed by atoms with Crippen molar-refractivity contribution in [2.24, 2.45) is 5.73 Å². The number of amides is 2. The van der Waals surface area contributed by atoms with E-state index >= 15 is 0 Å². The lowest BCUT2D eigenvalue weighted by Crippen LogP contribution is -2.56. The van der Waals surface area contributed by atoms with Gasteiger partial charge in [-0.05, 0) is 56.2 Å². The quantitative estimate of drug-likeness (QED) is 0.829. The summed E-state index contributed by atoms with van der Waals surface area (Å²) in [6, 6.07) is 9.65. The Morgan fingerprint density at radius 3 is 2.42 bits per heavy atom. The van der Waals surface area contributed by atoms with Crippen molar-refractivity contribution >= 4 is 23.6 Å². The van der Waals surface area contributed by atoms with Gasteiger partial charge in [-0.1, -0.05) is 18.2 Å². The van der Waals surface area contributed by atoms with E-state index in [1.807, 2.05) is 53.4 Å². The highest BCUT2D eigenvalue weighted by Crippen LogP contribution is 2.38. The van der Waals surface area contributed by atoms with Crippen molar-refractivity contribution < 1.29 is 9.59 Å². The van der Waals surface area contributed by atoms with Crippen molar-refractivity contribution in [2.75, 3.05) is 19.1 Å². The molecule has 0 radical (unpaired) electrons. The van der Waals surface area contributed by atoms with E-state index in [9.17, 15) is 9.59 Å². The third-order valence-corrected chi connectivity index (χ3v) is 6.45. The van der Waals surface area contributed by atoms with Crippen LogP contribution in [0.4, 0.5) is 0 Å². The van der Waals surface area contributed by atoms with Gasteiger partial charge in [0, 0.05) is 30.7 Å². The molecule has 142 valence electrons. The molecular weight excluding hydrogens is 346 g/mol. The molecule has 26 heavy (non-hydrogen) atoms. The zero-order valence-electron chi connectivity index (χ0n) is 15.6. The number of hydrogen-bond donors (Lipinski definition) is 1. The van der Waals surface area contributed by atoms with Crippen LogP contribution in [0.1, 0.15) is 42.5 Å². The maximum Gasteiger partial charge on any atom is 0.253 e. The van der Waals surface area contributed by atoms with E-state index in [0.717, 1.165) is 43.4 Å². The van der Waals surface area contributed by atoms with E-state index in [-0.39, 0.29) is 29.9 Å². The Bertz CT molecular complexity index is 625. The Labute approximate surface area is 160 Å². The molecule has 5 nitrogen and oxygen atoms in total. The number of rotatable bonds is 6. The molecule has 0 spiro atoms. The lowest BCUT2D eigenvalue weighted by atomic mass is 9.94. The first-order valence-electron chi connectivity index (χ1n) is 9.41. The maximum absolute atomic E-state index is 12.8. The van der Waals surface area contributed by atoms with Gasteiger partial charge in [-0.25, -0.2) is 0 Å². The highest BCUT2D eigenvalue weighted by Gasteiger charge is 2.45. The molecule has 2 amide bonds. The zero-order valence-corrected chi connectivity index (χ0v) is 16.5. The van der Waals surface area contributed by atoms with Crippen LogP contribution in [0.25, 0.3) is 0 Å². The monoisotopic (exact) mass is 375 g/mol. The fraction of sp³-hybridized carbons (Fsp3) is 0.600. The van der Waals surface area contributed by atoms with Gasteiger partial charge in [-0.2, -0.15) is 11.8 Å². The second-order valence-corrected chi connectivity index (χ2v) is 8.41. The lowest BCUT2D eigenvalue weighted by Gasteiger charge is -2.43. The third-order valence-electron chi connectivity index (χ3n) is 5.80. The van der Waals surface area contributed by atoms with Gasteiger partial charge in [0.2, 0.25) is 5.91 Å². The smallest absolute Gasteiger partial charge is 0.253 e. The summed E-state index contributed by atoms with van der Waals surface area (Å²) in [5.41, 5.74) is 6.86. The summed E-state index contributed by atoms with van der Waals surface area (Å²) in [6.45, 7) is 0. The number of hydrogen-bond acceptors (Lipinski definition) is 4. The molecule has 3 unspecified atom stereocenters. The van der Waals surface area contributed by atoms with Gasteiger partial charge in [0.05, 0.1) is 6.04 Å². The van der Waals surface area contributed by atoms with Crippen molar-refractivity contribution in [3.8, 4) is 0 Å². The van der Waals surface area contributed by atoms with Crippen molar-refractivity contribution in [1.29, 1.82) is 0 Å². The Hall–Kier alpha value is -1.53. The molecule has 2 fully saturated rings. The Morgan fingerprint density at radius 1 is 1.23 bits per heavy atom. The van der Waals surface area contributed by atoms with E-state index in [1.54, 1.807) is 11.8 Å². The maximum atomic E-state index is 12.8. The van der Waals surface area contributed by atoms with Crippen LogP contribution in [-0.4, -0.2) is 64.8 Å². The summed E-state index contributed by atoms with van der Waals surface area (Å²) in [5.74, 6) is 1.07. The van der Waals surface area contributed by atoms with E-state index in [2.05, 4.69) is 0 Å². The Morgan fingerprint density at radius 2 is 1.85 bits per heavy atom. The number of carbonyl (C=O) groups excluding carboxylic acids is 2. The molecule has 2 aliphatic rings. The highest BCUT2D eigenvalue weighted by molar-refractivity contribution is 7.98. The van der Waals surface area contributed by atoms with E-state index in [1.165, 1.54) is 0 Å². The van der Waals surface area contributed by atoms with Crippen molar-refractivity contribution in [2.45, 2.75) is 56.3 Å². The summed E-state index contributed by atoms with van der Waals surface area (Å²) in [6.07, 6.45) is 6.52. The minimum atomic E-state index is -0.397. The molecule has 0 saturated carbocycles. The van der Waals surface area contributed by atoms with E-state index in [0.29, 0.717) is 0 Å². The van der Waals surface area contributed by atoms with Crippen LogP contribution in [0.3, 0.4) is 0 Å². The normalized spacial score (nSPS) is 25.8. The predicted octanol–water partition coefficient (Wildman–Crippen LogP) is 2.36. The van der Waals surface area contributed by atoms with Crippen LogP contribution in [0.5, 0.6) is 0 Å². The van der Waals surface area contributed by atoms with Crippen LogP contribution in [-0.2, 0) is 4.79 Å². The summed E-state index contributed by atoms with van der Waals surface area (Å²) >= 11 is 1.72. The number of fused-ring (bicyclic) bond motifs is 2. The number of nitrogens with zero attached hydrogens (tertiary/aromatic N) is 2. The molecule has 6 heteroatoms. The van der Waals surface area contributed by atoms with Crippen LogP contribution < -0.4 is 5.73 Å². The van der Waals surface area contributed by atoms with E-state index < -0.39 is 6.04 Å². The van der Waals surface area contributed by atoms with Crippen molar-refractivity contribution in [3.05, 3.63) is 35.9 Å². The number of nitrogens with two attached hydrogens (primary N) is 1. The van der Waals surface area contributed by atoms with Crippen LogP contribution >= 0.6 is 11.8 Å². The Balaban J connectivity index is 1.64. The van der Waals surface area contributed by atoms with E-state index in [4.69, 9.17) is 5.73 Å². The average Bonchev–Trinajstić information content (AvgIpc) is 2.94. The van der Waals surface area contributed by atoms with Gasteiger partial charge in [0.15, 0.2) is 0 Å². The van der Waals surface area contributed by atoms with Gasteiger partial charge >= 0.3 is 0 Å². The van der Waals surface area contributed by atoms with Crippen LogP contribution in [0, 0.1) is 0 Å². The van der Waals surface area contributed by atoms with Gasteiger partial charge in [-0.15, -0.1) is 0 Å². The van der Waals surface area contributed by atoms with Gasteiger partial charge in [0.25, 0.3) is 5.91 Å². The molecule has 2 saturated heterocycles. The molecule has 2 N–H and O–H groups in total. The fourth-order valence-electron chi connectivity index (χ4n) is 4.33. The molecule has 3 rings (SSSR count). The summed E-state index contributed by atoms with van der Waals surface area (Å²) in [7, 11) is 1.89. The van der Waals surface area contributed by atoms with Crippen molar-refractivity contribution in [3.63, 3.8) is 0 Å². The number of carbonyl (C=O) groups is 2. The second-order valence-electron chi connectivity index (χ2n) is 7.43. The average molecular weight is 376 g/mol. The zero-order chi connectivity index (χ0) is 18.7. The molecular formula is C20H29N3O2S. The molecule has 1 aromatic rings. The highest BCUT2D eigenvalue weighted by atomic mass is 32.2. The standard InChI is InChI=1S/C20H29N3O2S/c1-22(19(24)14-6-4-3-5-7-14)17-12-15-8-9-16(13-17)23(15)20(25)18(21)10-11-26-2/h3-7,15-18H,8-13,21H2,1-2H3. The molecule has 1 aromatic carbocycles. The minimum Gasteiger partial charge on any atom is -0.339 e. The minimum absolute atomic E-state index is 0.0615. The molecule has 0 aliphatic carbocycles. The first kappa shape index (κ1) is 19.2. The fourth-order valence-corrected chi connectivity index (χ4v) is 4.82. The lowest BCUT2D eigenvalue weighted by molar-refractivity contribution is -0.137. The second kappa shape index (κ2) is 8.44. The summed E-state index contributed by atoms with van der Waals surface area (Å²) < 4.78 is 0. The summed E-state index contributed by atoms with van der Waals surface area (Å²) in [4.78, 5) is 29.5. The molecule has 3 atom stereocenters. The number of piperidine rings is 1. The van der Waals surface area contributed by atoms with Gasteiger partial charge in [0.1, 0.15) is 0 Å². The SMILES string of the molecule is CSCCC(N)C(=O)N1C2CCC1CC(N(C)C(=O)c1ccccc1)C2. The first-order chi connectivity index (χ1) is 12.5. The topological polar surface area (TPSA) is 66.6 Å². The van der Waals surface area contributed by atoms with Gasteiger partial charge < -0.3 is 15.5 Å². The van der Waals surface area contributed by atoms with Crippen LogP contribution in [0.2, 0.25) is 0 Å². The third kappa shape index (κ3) is 3.91. The summed E-state index contributed by atoms with van der Waals surface area (Å²) in [5, 5.41) is 0. The van der Waals surface area contributed by atoms with Crippen LogP contribution in [0.15, 0.2) is 30.3 Å². The van der Waals surface area contributed by atoms with Gasteiger partial charge in [-0.3, -0.25) is 9.59 Å².